The Labute approximate surface area is 174 Å². The van der Waals surface area contributed by atoms with Crippen molar-refractivity contribution in [3.8, 4) is 11.8 Å². The molecule has 0 saturated heterocycles. The van der Waals surface area contributed by atoms with Crippen LogP contribution in [-0.4, -0.2) is 48.3 Å². The van der Waals surface area contributed by atoms with E-state index < -0.39 is 14.3 Å². The lowest BCUT2D eigenvalue weighted by Crippen LogP contribution is -2.45. The van der Waals surface area contributed by atoms with Gasteiger partial charge >= 0.3 is 5.97 Å². The molecule has 1 rings (SSSR count). The summed E-state index contributed by atoms with van der Waals surface area (Å²) in [6.45, 7) is 12.3. The highest BCUT2D eigenvalue weighted by atomic mass is 28.4. The molecule has 0 fully saturated rings. The lowest BCUT2D eigenvalue weighted by atomic mass is 10.2. The molecule has 0 spiro atoms. The molecule has 0 aromatic carbocycles. The van der Waals surface area contributed by atoms with Crippen LogP contribution in [0.4, 0.5) is 0 Å². The highest BCUT2D eigenvalue weighted by Crippen LogP contribution is 2.37. The molecule has 1 amide bonds. The predicted octanol–water partition coefficient (Wildman–Crippen LogP) is 3.33. The Hall–Kier alpha value is -2.00. The van der Waals surface area contributed by atoms with Gasteiger partial charge in [0.25, 0.3) is 0 Å². The van der Waals surface area contributed by atoms with Crippen molar-refractivity contribution in [2.24, 2.45) is 0 Å². The second-order valence-corrected chi connectivity index (χ2v) is 12.8. The minimum Gasteiger partial charge on any atom is -0.492 e. The summed E-state index contributed by atoms with van der Waals surface area (Å²) in [6.07, 6.45) is 1.41. The number of aromatic hydroxyl groups is 2. The van der Waals surface area contributed by atoms with Gasteiger partial charge in [-0.05, 0) is 36.9 Å². The third-order valence-corrected chi connectivity index (χ3v) is 11.1. The first-order valence-corrected chi connectivity index (χ1v) is 12.6. The van der Waals surface area contributed by atoms with Crippen LogP contribution in [0, 0.1) is 0 Å². The fraction of sp³-hybridized carbons (Fsp3) is 0.700. The monoisotopic (exact) mass is 428 g/mol. The summed E-state index contributed by atoms with van der Waals surface area (Å²) in [5, 5.41) is 21.8. The summed E-state index contributed by atoms with van der Waals surface area (Å²) < 4.78 is 6.89. The first-order valence-electron chi connectivity index (χ1n) is 10.4. The van der Waals surface area contributed by atoms with Crippen LogP contribution in [0.2, 0.25) is 17.1 Å². The van der Waals surface area contributed by atoms with Crippen molar-refractivity contribution in [3.63, 3.8) is 0 Å². The number of amides is 1. The summed E-state index contributed by atoms with van der Waals surface area (Å²) in [6, 6.07) is 3.42. The van der Waals surface area contributed by atoms with Gasteiger partial charge in [-0.2, -0.15) is 0 Å². The molecule has 166 valence electrons. The molecule has 0 bridgehead atoms. The molecule has 0 radical (unpaired) electrons. The smallest absolute Gasteiger partial charge is 0.333 e. The van der Waals surface area contributed by atoms with Crippen molar-refractivity contribution in [1.82, 2.24) is 10.0 Å². The molecule has 3 N–H and O–H groups in total. The third kappa shape index (κ3) is 7.39. The predicted molar refractivity (Wildman–Crippen MR) is 113 cm³/mol. The largest absolute Gasteiger partial charge is 0.492 e. The standard InChI is InChI=1S/C20H36N2O6Si/c1-6-27-29(15(2)3,16(4)5)14-8-13-21-17(23)9-7-10-20(26)28-22-18(24)11-12-19(22)25/h11-12,15-16,24-25H,6-10,13-14H2,1-5H3,(H,21,23). The van der Waals surface area contributed by atoms with Gasteiger partial charge in [-0.1, -0.05) is 27.7 Å². The molecule has 1 aromatic rings. The second kappa shape index (κ2) is 11.9. The number of carbonyl (C=O) groups is 2. The quantitative estimate of drug-likeness (QED) is 0.328. The molecular weight excluding hydrogens is 392 g/mol. The van der Waals surface area contributed by atoms with Gasteiger partial charge in [-0.15, -0.1) is 4.73 Å². The molecule has 0 unspecified atom stereocenters. The van der Waals surface area contributed by atoms with E-state index in [0.717, 1.165) is 19.1 Å². The molecular formula is C20H36N2O6Si. The van der Waals surface area contributed by atoms with Gasteiger partial charge in [-0.25, -0.2) is 4.79 Å². The van der Waals surface area contributed by atoms with E-state index in [2.05, 4.69) is 33.0 Å². The van der Waals surface area contributed by atoms with Crippen molar-refractivity contribution < 1.29 is 29.1 Å². The average Bonchev–Trinajstić information content (AvgIpc) is 2.95. The molecule has 1 heterocycles. The van der Waals surface area contributed by atoms with Crippen molar-refractivity contribution >= 4 is 20.2 Å². The van der Waals surface area contributed by atoms with Gasteiger partial charge in [0, 0.05) is 38.1 Å². The van der Waals surface area contributed by atoms with E-state index in [0.29, 0.717) is 28.8 Å². The Bertz CT molecular complexity index is 632. The summed E-state index contributed by atoms with van der Waals surface area (Å²) in [5.41, 5.74) is 1.03. The highest BCUT2D eigenvalue weighted by Gasteiger charge is 2.40. The number of aromatic nitrogens is 1. The third-order valence-electron chi connectivity index (χ3n) is 5.21. The van der Waals surface area contributed by atoms with Gasteiger partial charge in [0.15, 0.2) is 8.32 Å². The molecule has 0 saturated carbocycles. The van der Waals surface area contributed by atoms with E-state index in [9.17, 15) is 19.8 Å². The normalized spacial score (nSPS) is 11.8. The van der Waals surface area contributed by atoms with Gasteiger partial charge in [0.2, 0.25) is 17.7 Å². The molecule has 29 heavy (non-hydrogen) atoms. The second-order valence-electron chi connectivity index (χ2n) is 7.81. The number of nitrogens with one attached hydrogen (secondary N) is 1. The first kappa shape index (κ1) is 25.0. The van der Waals surface area contributed by atoms with Gasteiger partial charge in [0.05, 0.1) is 0 Å². The Morgan fingerprint density at radius 1 is 1.07 bits per heavy atom. The highest BCUT2D eigenvalue weighted by molar-refractivity contribution is 6.76. The van der Waals surface area contributed by atoms with E-state index in [4.69, 9.17) is 9.26 Å². The molecule has 1 aromatic heterocycles. The van der Waals surface area contributed by atoms with Crippen LogP contribution in [0.3, 0.4) is 0 Å². The summed E-state index contributed by atoms with van der Waals surface area (Å²) in [4.78, 5) is 28.6. The van der Waals surface area contributed by atoms with Crippen molar-refractivity contribution in [1.29, 1.82) is 0 Å². The lowest BCUT2D eigenvalue weighted by Gasteiger charge is -2.38. The number of hydrogen-bond acceptors (Lipinski definition) is 6. The van der Waals surface area contributed by atoms with Gasteiger partial charge in [-0.3, -0.25) is 4.79 Å². The van der Waals surface area contributed by atoms with Crippen molar-refractivity contribution in [2.75, 3.05) is 13.2 Å². The van der Waals surface area contributed by atoms with Crippen LogP contribution in [0.25, 0.3) is 0 Å². The number of hydrogen-bond donors (Lipinski definition) is 3. The Balaban J connectivity index is 2.31. The molecule has 0 aliphatic heterocycles. The van der Waals surface area contributed by atoms with E-state index in [1.807, 2.05) is 6.92 Å². The lowest BCUT2D eigenvalue weighted by molar-refractivity contribution is -0.145. The van der Waals surface area contributed by atoms with Crippen LogP contribution in [-0.2, 0) is 14.0 Å². The van der Waals surface area contributed by atoms with Crippen molar-refractivity contribution in [3.05, 3.63) is 12.1 Å². The fourth-order valence-corrected chi connectivity index (χ4v) is 8.20. The van der Waals surface area contributed by atoms with Crippen LogP contribution in [0.1, 0.15) is 60.3 Å². The van der Waals surface area contributed by atoms with Crippen molar-refractivity contribution in [2.45, 2.75) is 77.4 Å². The molecule has 0 atom stereocenters. The average molecular weight is 429 g/mol. The zero-order chi connectivity index (χ0) is 22.0. The number of rotatable bonds is 13. The Morgan fingerprint density at radius 3 is 2.17 bits per heavy atom. The van der Waals surface area contributed by atoms with Crippen LogP contribution < -0.4 is 10.2 Å². The van der Waals surface area contributed by atoms with E-state index in [1.165, 1.54) is 12.1 Å². The summed E-state index contributed by atoms with van der Waals surface area (Å²) in [5.74, 6) is -1.49. The maximum absolute atomic E-state index is 12.0. The van der Waals surface area contributed by atoms with Gasteiger partial charge < -0.3 is 24.8 Å². The minimum absolute atomic E-state index is 0.00550. The minimum atomic E-state index is -1.86. The molecule has 8 nitrogen and oxygen atoms in total. The fourth-order valence-electron chi connectivity index (χ4n) is 3.64. The zero-order valence-electron chi connectivity index (χ0n) is 18.2. The maximum Gasteiger partial charge on any atom is 0.333 e. The number of nitrogens with zero attached hydrogens (tertiary/aromatic N) is 1. The van der Waals surface area contributed by atoms with E-state index in [1.54, 1.807) is 0 Å². The maximum atomic E-state index is 12.0. The van der Waals surface area contributed by atoms with Crippen LogP contribution >= 0.6 is 0 Å². The van der Waals surface area contributed by atoms with Crippen LogP contribution in [0.15, 0.2) is 12.1 Å². The Morgan fingerprint density at radius 2 is 1.66 bits per heavy atom. The van der Waals surface area contributed by atoms with Crippen LogP contribution in [0.5, 0.6) is 11.8 Å². The SMILES string of the molecule is CCO[Si](CCCNC(=O)CCCC(=O)On1c(O)ccc1O)(C(C)C)C(C)C. The molecule has 0 aliphatic rings. The topological polar surface area (TPSA) is 110 Å². The Kier molecular flexibility index (Phi) is 10.2. The zero-order valence-corrected chi connectivity index (χ0v) is 19.2. The van der Waals surface area contributed by atoms with E-state index >= 15 is 0 Å². The van der Waals surface area contributed by atoms with Gasteiger partial charge in [0.1, 0.15) is 0 Å². The first-order chi connectivity index (χ1) is 13.6. The van der Waals surface area contributed by atoms with E-state index in [-0.39, 0.29) is 30.5 Å². The summed E-state index contributed by atoms with van der Waals surface area (Å²) in [7, 11) is -1.86. The summed E-state index contributed by atoms with van der Waals surface area (Å²) >= 11 is 0. The molecule has 9 heteroatoms. The number of carbonyl (C=O) groups excluding carboxylic acids is 2. The molecule has 0 aliphatic carbocycles.